The van der Waals surface area contributed by atoms with Crippen LogP contribution in [0, 0.1) is 20.8 Å². The molecule has 11 heteroatoms. The van der Waals surface area contributed by atoms with Crippen LogP contribution in [-0.4, -0.2) is 51.5 Å². The normalized spacial score (nSPS) is 14.2. The number of nitrogens with one attached hydrogen (secondary N) is 1. The molecule has 0 spiro atoms. The van der Waals surface area contributed by atoms with Crippen LogP contribution in [-0.2, 0) is 22.6 Å². The summed E-state index contributed by atoms with van der Waals surface area (Å²) in [6.07, 6.45) is 2.24. The minimum Gasteiger partial charge on any atom is -0.465 e. The molecule has 1 saturated heterocycles. The molecule has 3 aromatic rings. The predicted octanol–water partition coefficient (Wildman–Crippen LogP) is 2.86. The number of hydrogen-bond donors (Lipinski definition) is 1. The van der Waals surface area contributed by atoms with E-state index in [1.807, 2.05) is 13.8 Å². The summed E-state index contributed by atoms with van der Waals surface area (Å²) in [6.45, 7) is 7.82. The largest absolute Gasteiger partial charge is 0.465 e. The summed E-state index contributed by atoms with van der Waals surface area (Å²) in [5.41, 5.74) is 1.19. The SMILES string of the molecule is COC(=O)c1sc(NC(=O)Cn2c(CN3CCCC3)nc3sc(C)c(C)c3c2=O)nc1C. The molecule has 0 atom stereocenters. The zero-order valence-electron chi connectivity index (χ0n) is 18.5. The Morgan fingerprint density at radius 2 is 1.84 bits per heavy atom. The van der Waals surface area contributed by atoms with Gasteiger partial charge in [0.25, 0.3) is 5.56 Å². The number of methoxy groups -OCH3 is 1. The third-order valence-corrected chi connectivity index (χ3v) is 7.80. The van der Waals surface area contributed by atoms with Gasteiger partial charge in [-0.1, -0.05) is 11.3 Å². The van der Waals surface area contributed by atoms with Crippen molar-refractivity contribution in [1.82, 2.24) is 19.4 Å². The molecular formula is C21H25N5O4S2. The average Bonchev–Trinajstić information content (AvgIpc) is 3.45. The number of likely N-dealkylation sites (tertiary alicyclic amines) is 1. The van der Waals surface area contributed by atoms with E-state index in [0.717, 1.165) is 47.7 Å². The molecule has 4 rings (SSSR count). The Morgan fingerprint density at radius 1 is 1.12 bits per heavy atom. The summed E-state index contributed by atoms with van der Waals surface area (Å²) in [4.78, 5) is 51.4. The number of esters is 1. The fourth-order valence-electron chi connectivity index (χ4n) is 3.83. The van der Waals surface area contributed by atoms with E-state index < -0.39 is 11.9 Å². The van der Waals surface area contributed by atoms with Gasteiger partial charge in [-0.15, -0.1) is 11.3 Å². The van der Waals surface area contributed by atoms with Crippen LogP contribution in [0.5, 0.6) is 0 Å². The maximum absolute atomic E-state index is 13.4. The lowest BCUT2D eigenvalue weighted by molar-refractivity contribution is -0.116. The Labute approximate surface area is 193 Å². The van der Waals surface area contributed by atoms with Gasteiger partial charge in [0.1, 0.15) is 22.1 Å². The zero-order chi connectivity index (χ0) is 23.0. The van der Waals surface area contributed by atoms with Crippen LogP contribution in [0.15, 0.2) is 4.79 Å². The topological polar surface area (TPSA) is 106 Å². The molecule has 0 aliphatic carbocycles. The van der Waals surface area contributed by atoms with Crippen molar-refractivity contribution in [3.63, 3.8) is 0 Å². The monoisotopic (exact) mass is 475 g/mol. The molecule has 1 fully saturated rings. The Kier molecular flexibility index (Phi) is 6.40. The third kappa shape index (κ3) is 4.32. The number of aromatic nitrogens is 3. The highest BCUT2D eigenvalue weighted by molar-refractivity contribution is 7.18. The minimum absolute atomic E-state index is 0.175. The lowest BCUT2D eigenvalue weighted by Gasteiger charge is -2.18. The first-order valence-electron chi connectivity index (χ1n) is 10.4. The molecule has 1 aliphatic rings. The number of anilines is 1. The first-order chi connectivity index (χ1) is 15.3. The number of ether oxygens (including phenoxy) is 1. The van der Waals surface area contributed by atoms with Crippen molar-refractivity contribution in [2.75, 3.05) is 25.5 Å². The number of amides is 1. The highest BCUT2D eigenvalue weighted by Gasteiger charge is 2.22. The molecule has 32 heavy (non-hydrogen) atoms. The molecule has 4 heterocycles. The highest BCUT2D eigenvalue weighted by atomic mass is 32.1. The number of carbonyl (C=O) groups is 2. The number of thiazole rings is 1. The number of fused-ring (bicyclic) bond motifs is 1. The molecule has 170 valence electrons. The second kappa shape index (κ2) is 9.08. The Morgan fingerprint density at radius 3 is 2.53 bits per heavy atom. The van der Waals surface area contributed by atoms with Crippen molar-refractivity contribution < 1.29 is 14.3 Å². The Bertz CT molecular complexity index is 1250. The summed E-state index contributed by atoms with van der Waals surface area (Å²) >= 11 is 2.56. The smallest absolute Gasteiger partial charge is 0.350 e. The van der Waals surface area contributed by atoms with Gasteiger partial charge >= 0.3 is 5.97 Å². The lowest BCUT2D eigenvalue weighted by Crippen LogP contribution is -2.33. The number of hydrogen-bond acceptors (Lipinski definition) is 9. The van der Waals surface area contributed by atoms with E-state index in [1.54, 1.807) is 6.92 Å². The molecule has 1 aliphatic heterocycles. The standard InChI is InChI=1S/C21H25N5O4S2/c1-11-13(3)31-18-16(11)19(28)26(14(23-18)9-25-7-5-6-8-25)10-15(27)24-21-22-12(2)17(32-21)20(29)30-4/h5-10H2,1-4H3,(H,22,24,27). The second-order valence-electron chi connectivity index (χ2n) is 7.84. The number of thiophene rings is 1. The van der Waals surface area contributed by atoms with Crippen LogP contribution < -0.4 is 10.9 Å². The van der Waals surface area contributed by atoms with Crippen LogP contribution in [0.4, 0.5) is 5.13 Å². The van der Waals surface area contributed by atoms with Crippen molar-refractivity contribution in [3.05, 3.63) is 37.2 Å². The van der Waals surface area contributed by atoms with E-state index >= 15 is 0 Å². The van der Waals surface area contributed by atoms with E-state index in [0.29, 0.717) is 38.3 Å². The Balaban J connectivity index is 1.65. The van der Waals surface area contributed by atoms with Gasteiger partial charge in [-0.05, 0) is 52.3 Å². The number of nitrogens with zero attached hydrogens (tertiary/aromatic N) is 4. The van der Waals surface area contributed by atoms with Crippen molar-refractivity contribution >= 4 is 49.9 Å². The van der Waals surface area contributed by atoms with Gasteiger partial charge < -0.3 is 10.1 Å². The first-order valence-corrected chi connectivity index (χ1v) is 12.0. The van der Waals surface area contributed by atoms with Crippen LogP contribution in [0.2, 0.25) is 0 Å². The van der Waals surface area contributed by atoms with Gasteiger partial charge in [0.05, 0.1) is 24.7 Å². The molecular weight excluding hydrogens is 450 g/mol. The summed E-state index contributed by atoms with van der Waals surface area (Å²) in [6, 6.07) is 0. The van der Waals surface area contributed by atoms with Crippen molar-refractivity contribution in [1.29, 1.82) is 0 Å². The maximum Gasteiger partial charge on any atom is 0.350 e. The quantitative estimate of drug-likeness (QED) is 0.546. The van der Waals surface area contributed by atoms with E-state index in [2.05, 4.69) is 15.2 Å². The molecule has 0 radical (unpaired) electrons. The van der Waals surface area contributed by atoms with Gasteiger partial charge in [-0.3, -0.25) is 19.1 Å². The van der Waals surface area contributed by atoms with Gasteiger partial charge in [0.15, 0.2) is 5.13 Å². The van der Waals surface area contributed by atoms with Gasteiger partial charge in [0.2, 0.25) is 5.91 Å². The number of rotatable bonds is 6. The van der Waals surface area contributed by atoms with Crippen LogP contribution in [0.25, 0.3) is 10.2 Å². The van der Waals surface area contributed by atoms with E-state index in [-0.39, 0.29) is 12.1 Å². The number of carbonyl (C=O) groups excluding carboxylic acids is 2. The van der Waals surface area contributed by atoms with Gasteiger partial charge in [-0.25, -0.2) is 14.8 Å². The summed E-state index contributed by atoms with van der Waals surface area (Å²) < 4.78 is 6.21. The van der Waals surface area contributed by atoms with Gasteiger partial charge in [0, 0.05) is 4.88 Å². The maximum atomic E-state index is 13.4. The predicted molar refractivity (Wildman–Crippen MR) is 125 cm³/mol. The highest BCUT2D eigenvalue weighted by Crippen LogP contribution is 2.27. The molecule has 0 aromatic carbocycles. The van der Waals surface area contributed by atoms with Gasteiger partial charge in [-0.2, -0.15) is 0 Å². The molecule has 3 aromatic heterocycles. The number of aryl methyl sites for hydroxylation is 3. The van der Waals surface area contributed by atoms with Crippen molar-refractivity contribution in [3.8, 4) is 0 Å². The fourth-order valence-corrected chi connectivity index (χ4v) is 5.77. The third-order valence-electron chi connectivity index (χ3n) is 5.65. The van der Waals surface area contributed by atoms with E-state index in [9.17, 15) is 14.4 Å². The van der Waals surface area contributed by atoms with Crippen molar-refractivity contribution in [2.24, 2.45) is 0 Å². The lowest BCUT2D eigenvalue weighted by atomic mass is 10.2. The molecule has 0 bridgehead atoms. The molecule has 0 saturated carbocycles. The molecule has 0 unspecified atom stereocenters. The minimum atomic E-state index is -0.498. The van der Waals surface area contributed by atoms with E-state index in [4.69, 9.17) is 9.72 Å². The second-order valence-corrected chi connectivity index (χ2v) is 10.0. The molecule has 1 amide bonds. The fraction of sp³-hybridized carbons (Fsp3) is 0.476. The summed E-state index contributed by atoms with van der Waals surface area (Å²) in [5.74, 6) is -0.306. The first kappa shape index (κ1) is 22.6. The summed E-state index contributed by atoms with van der Waals surface area (Å²) in [5, 5.41) is 3.57. The Hall–Kier alpha value is -2.63. The average molecular weight is 476 g/mol. The van der Waals surface area contributed by atoms with Crippen LogP contribution >= 0.6 is 22.7 Å². The summed E-state index contributed by atoms with van der Waals surface area (Å²) in [7, 11) is 1.30. The molecule has 1 N–H and O–H groups in total. The van der Waals surface area contributed by atoms with E-state index in [1.165, 1.54) is 23.0 Å². The van der Waals surface area contributed by atoms with Crippen molar-refractivity contribution in [2.45, 2.75) is 46.7 Å². The molecule has 9 nitrogen and oxygen atoms in total. The zero-order valence-corrected chi connectivity index (χ0v) is 20.1. The van der Waals surface area contributed by atoms with Crippen LogP contribution in [0.1, 0.15) is 44.5 Å². The van der Waals surface area contributed by atoms with Crippen LogP contribution in [0.3, 0.4) is 0 Å².